The minimum absolute atomic E-state index is 0.261. The highest BCUT2D eigenvalue weighted by atomic mass is 16.8. The summed E-state index contributed by atoms with van der Waals surface area (Å²) in [5, 5.41) is 69.6. The van der Waals surface area contributed by atoms with Crippen LogP contribution in [0.4, 0.5) is 0 Å². The quantitative estimate of drug-likeness (QED) is 0.127. The van der Waals surface area contributed by atoms with Crippen LogP contribution < -0.4 is 5.73 Å². The summed E-state index contributed by atoms with van der Waals surface area (Å²) < 4.78 is 22.2. The Labute approximate surface area is 187 Å². The molecular weight excluding hydrogens is 430 g/mol. The molecule has 0 unspecified atom stereocenters. The lowest BCUT2D eigenvalue weighted by Crippen LogP contribution is -2.64. The Hall–Kier alpha value is -0.480. The maximum Gasteiger partial charge on any atom is 0.187 e. The molecule has 32 heavy (non-hydrogen) atoms. The SMILES string of the molecule is NCCCCCCCCO[C@H]1O[C@H](CO)[C@@H](O)[C@H](O)[C@@H]1O[C@H]1O[C@H](CO)[C@@H](O)[C@H](O)[C@@H]1O. The largest absolute Gasteiger partial charge is 0.394 e. The van der Waals surface area contributed by atoms with Crippen molar-refractivity contribution in [2.24, 2.45) is 5.73 Å². The molecule has 0 amide bonds. The van der Waals surface area contributed by atoms with Crippen LogP contribution >= 0.6 is 0 Å². The number of rotatable bonds is 13. The minimum atomic E-state index is -1.69. The molecule has 190 valence electrons. The van der Waals surface area contributed by atoms with Gasteiger partial charge < -0.3 is 60.4 Å². The molecule has 0 aliphatic carbocycles. The topological polar surface area (TPSA) is 205 Å². The van der Waals surface area contributed by atoms with Crippen LogP contribution in [0.1, 0.15) is 38.5 Å². The van der Waals surface area contributed by atoms with E-state index in [2.05, 4.69) is 0 Å². The van der Waals surface area contributed by atoms with Crippen LogP contribution in [0, 0.1) is 0 Å². The van der Waals surface area contributed by atoms with E-state index in [1.54, 1.807) is 0 Å². The predicted octanol–water partition coefficient (Wildman–Crippen LogP) is -3.07. The van der Waals surface area contributed by atoms with E-state index in [1.807, 2.05) is 0 Å². The van der Waals surface area contributed by atoms with Crippen molar-refractivity contribution >= 4 is 0 Å². The zero-order valence-corrected chi connectivity index (χ0v) is 18.2. The molecule has 9 N–H and O–H groups in total. The molecule has 0 saturated carbocycles. The van der Waals surface area contributed by atoms with Crippen molar-refractivity contribution in [1.29, 1.82) is 0 Å². The Morgan fingerprint density at radius 2 is 1.16 bits per heavy atom. The fraction of sp³-hybridized carbons (Fsp3) is 1.00. The van der Waals surface area contributed by atoms with Gasteiger partial charge in [-0.2, -0.15) is 0 Å². The van der Waals surface area contributed by atoms with E-state index < -0.39 is 74.6 Å². The normalized spacial score (nSPS) is 40.5. The van der Waals surface area contributed by atoms with Crippen LogP contribution in [0.25, 0.3) is 0 Å². The molecule has 12 heteroatoms. The number of aliphatic hydroxyl groups is 7. The van der Waals surface area contributed by atoms with Gasteiger partial charge in [-0.1, -0.05) is 25.7 Å². The Kier molecular flexibility index (Phi) is 12.2. The third kappa shape index (κ3) is 7.26. The van der Waals surface area contributed by atoms with Crippen LogP contribution in [0.5, 0.6) is 0 Å². The number of ether oxygens (including phenoxy) is 4. The maximum atomic E-state index is 10.5. The first-order valence-corrected chi connectivity index (χ1v) is 11.3. The van der Waals surface area contributed by atoms with Gasteiger partial charge in [0, 0.05) is 6.61 Å². The number of aliphatic hydroxyl groups excluding tert-OH is 7. The van der Waals surface area contributed by atoms with Gasteiger partial charge in [-0.3, -0.25) is 0 Å². The lowest BCUT2D eigenvalue weighted by atomic mass is 9.97. The van der Waals surface area contributed by atoms with Crippen molar-refractivity contribution in [3.05, 3.63) is 0 Å². The molecule has 12 nitrogen and oxygen atoms in total. The third-order valence-electron chi connectivity index (χ3n) is 5.84. The van der Waals surface area contributed by atoms with E-state index in [4.69, 9.17) is 24.7 Å². The highest BCUT2D eigenvalue weighted by Gasteiger charge is 2.50. The van der Waals surface area contributed by atoms with Gasteiger partial charge in [0.25, 0.3) is 0 Å². The molecule has 2 heterocycles. The Morgan fingerprint density at radius 1 is 0.625 bits per heavy atom. The average molecular weight is 470 g/mol. The molecule has 10 atom stereocenters. The van der Waals surface area contributed by atoms with Crippen molar-refractivity contribution in [3.63, 3.8) is 0 Å². The molecule has 2 saturated heterocycles. The first-order valence-electron chi connectivity index (χ1n) is 11.3. The summed E-state index contributed by atoms with van der Waals surface area (Å²) >= 11 is 0. The fourth-order valence-corrected chi connectivity index (χ4v) is 3.82. The van der Waals surface area contributed by atoms with Crippen LogP contribution in [-0.4, -0.2) is 124 Å². The summed E-state index contributed by atoms with van der Waals surface area (Å²) in [6.07, 6.45) is -8.62. The van der Waals surface area contributed by atoms with Crippen molar-refractivity contribution in [3.8, 4) is 0 Å². The van der Waals surface area contributed by atoms with E-state index in [1.165, 1.54) is 0 Å². The highest BCUT2D eigenvalue weighted by molar-refractivity contribution is 4.93. The molecule has 0 aromatic carbocycles. The van der Waals surface area contributed by atoms with E-state index in [0.29, 0.717) is 13.0 Å². The van der Waals surface area contributed by atoms with Crippen LogP contribution in [0.2, 0.25) is 0 Å². The van der Waals surface area contributed by atoms with Gasteiger partial charge in [0.1, 0.15) is 48.8 Å². The lowest BCUT2D eigenvalue weighted by Gasteiger charge is -2.45. The van der Waals surface area contributed by atoms with Gasteiger partial charge in [-0.25, -0.2) is 0 Å². The fourth-order valence-electron chi connectivity index (χ4n) is 3.82. The van der Waals surface area contributed by atoms with E-state index >= 15 is 0 Å². The summed E-state index contributed by atoms with van der Waals surface area (Å²) in [4.78, 5) is 0. The Balaban J connectivity index is 1.96. The Bertz CT molecular complexity index is 514. The standard InChI is InChI=1S/C20H39NO11/c21-7-5-3-1-2-4-6-8-29-20-18(16(27)14(25)12(10-23)31-20)32-19-17(28)15(26)13(24)11(9-22)30-19/h11-20,22-28H,1-10,21H2/t11-,12-,13-,14-,15+,16+,17+,18+,19-,20+/m1/s1. The van der Waals surface area contributed by atoms with Crippen molar-refractivity contribution < 1.29 is 54.7 Å². The first-order chi connectivity index (χ1) is 15.3. The van der Waals surface area contributed by atoms with Crippen molar-refractivity contribution in [2.75, 3.05) is 26.4 Å². The second-order valence-corrected chi connectivity index (χ2v) is 8.29. The smallest absolute Gasteiger partial charge is 0.187 e. The monoisotopic (exact) mass is 469 g/mol. The zero-order valence-electron chi connectivity index (χ0n) is 18.2. The zero-order chi connectivity index (χ0) is 23.7. The first kappa shape index (κ1) is 27.8. The van der Waals surface area contributed by atoms with Crippen LogP contribution in [0.3, 0.4) is 0 Å². The van der Waals surface area contributed by atoms with E-state index in [-0.39, 0.29) is 6.61 Å². The summed E-state index contributed by atoms with van der Waals surface area (Å²) in [6.45, 7) is -0.268. The predicted molar refractivity (Wildman–Crippen MR) is 109 cm³/mol. The number of hydrogen-bond donors (Lipinski definition) is 8. The Morgan fingerprint density at radius 3 is 1.75 bits per heavy atom. The number of nitrogens with two attached hydrogens (primary N) is 1. The summed E-state index contributed by atoms with van der Waals surface area (Å²) in [6, 6.07) is 0. The second kappa shape index (κ2) is 14.0. The lowest BCUT2D eigenvalue weighted by molar-refractivity contribution is -0.367. The molecule has 0 aromatic heterocycles. The summed E-state index contributed by atoms with van der Waals surface area (Å²) in [5.74, 6) is 0. The van der Waals surface area contributed by atoms with Gasteiger partial charge in [0.15, 0.2) is 12.6 Å². The average Bonchev–Trinajstić information content (AvgIpc) is 2.79. The maximum absolute atomic E-state index is 10.5. The molecule has 0 aromatic rings. The third-order valence-corrected chi connectivity index (χ3v) is 5.84. The summed E-state index contributed by atoms with van der Waals surface area (Å²) in [5.41, 5.74) is 5.47. The van der Waals surface area contributed by atoms with Gasteiger partial charge in [0.05, 0.1) is 13.2 Å². The molecule has 2 fully saturated rings. The van der Waals surface area contributed by atoms with Gasteiger partial charge in [0.2, 0.25) is 0 Å². The molecule has 2 rings (SSSR count). The number of unbranched alkanes of at least 4 members (excludes halogenated alkanes) is 5. The molecule has 0 bridgehead atoms. The summed E-state index contributed by atoms with van der Waals surface area (Å²) in [7, 11) is 0. The van der Waals surface area contributed by atoms with Crippen molar-refractivity contribution in [1.82, 2.24) is 0 Å². The van der Waals surface area contributed by atoms with Crippen LogP contribution in [-0.2, 0) is 18.9 Å². The molecule has 2 aliphatic heterocycles. The van der Waals surface area contributed by atoms with E-state index in [9.17, 15) is 35.7 Å². The molecule has 0 radical (unpaired) electrons. The molecule has 2 aliphatic rings. The van der Waals surface area contributed by atoms with Gasteiger partial charge in [-0.15, -0.1) is 0 Å². The second-order valence-electron chi connectivity index (χ2n) is 8.29. The van der Waals surface area contributed by atoms with E-state index in [0.717, 1.165) is 32.1 Å². The molecular formula is C20H39NO11. The van der Waals surface area contributed by atoms with Crippen LogP contribution in [0.15, 0.2) is 0 Å². The number of hydrogen-bond acceptors (Lipinski definition) is 12. The van der Waals surface area contributed by atoms with Gasteiger partial charge >= 0.3 is 0 Å². The van der Waals surface area contributed by atoms with Crippen molar-refractivity contribution in [2.45, 2.75) is 99.9 Å². The highest BCUT2D eigenvalue weighted by Crippen LogP contribution is 2.29. The van der Waals surface area contributed by atoms with Gasteiger partial charge in [-0.05, 0) is 19.4 Å². The minimum Gasteiger partial charge on any atom is -0.394 e. The molecule has 0 spiro atoms.